The highest BCUT2D eigenvalue weighted by atomic mass is 31.2. The maximum absolute atomic E-state index is 12.9. The first-order valence-corrected chi connectivity index (χ1v) is 24.4. The summed E-state index contributed by atoms with van der Waals surface area (Å²) in [6, 6.07) is 0. The highest BCUT2D eigenvalue weighted by Gasteiger charge is 2.39. The molecule has 61 heavy (non-hydrogen) atoms. The quantitative estimate of drug-likeness (QED) is 0.0156. The molecule has 0 radical (unpaired) electrons. The molecule has 0 heterocycles. The van der Waals surface area contributed by atoms with E-state index in [9.17, 15) is 34.4 Å². The van der Waals surface area contributed by atoms with Crippen LogP contribution in [0.15, 0.2) is 72.9 Å². The van der Waals surface area contributed by atoms with Gasteiger partial charge in [-0.1, -0.05) is 125 Å². The lowest BCUT2D eigenvalue weighted by atomic mass is 9.89. The Kier molecular flexibility index (Phi) is 32.1. The fourth-order valence-electron chi connectivity index (χ4n) is 6.62. The number of esters is 2. The number of allylic oxidation sites excluding steroid dienone is 9. The number of ether oxygens (including phenoxy) is 2. The molecule has 0 amide bonds. The van der Waals surface area contributed by atoms with Gasteiger partial charge in [0.15, 0.2) is 6.10 Å². The van der Waals surface area contributed by atoms with Crippen molar-refractivity contribution in [2.45, 2.75) is 160 Å². The van der Waals surface area contributed by atoms with Gasteiger partial charge < -0.3 is 34.2 Å². The van der Waals surface area contributed by atoms with Crippen molar-refractivity contribution in [2.24, 2.45) is 11.8 Å². The van der Waals surface area contributed by atoms with Crippen molar-refractivity contribution in [3.63, 3.8) is 0 Å². The molecule has 13 heteroatoms. The van der Waals surface area contributed by atoms with E-state index in [0.717, 1.165) is 57.8 Å². The Morgan fingerprint density at radius 1 is 0.738 bits per heavy atom. The second-order valence-corrected chi connectivity index (χ2v) is 18.5. The van der Waals surface area contributed by atoms with Crippen LogP contribution in [0.2, 0.25) is 0 Å². The number of rotatable bonds is 36. The van der Waals surface area contributed by atoms with Gasteiger partial charge >= 0.3 is 19.8 Å². The molecule has 1 saturated carbocycles. The molecule has 0 spiro atoms. The smallest absolute Gasteiger partial charge is 0.462 e. The van der Waals surface area contributed by atoms with Gasteiger partial charge in [-0.25, -0.2) is 4.57 Å². The predicted octanol–water partition coefficient (Wildman–Crippen LogP) is 9.40. The Bertz CT molecular complexity index is 1390. The van der Waals surface area contributed by atoms with E-state index in [4.69, 9.17) is 18.5 Å². The number of aliphatic hydroxyl groups excluding tert-OH is 3. The molecule has 1 unspecified atom stereocenters. The zero-order valence-electron chi connectivity index (χ0n) is 38.2. The molecule has 7 atom stereocenters. The summed E-state index contributed by atoms with van der Waals surface area (Å²) in [5.74, 6) is -1.78. The number of carbonyl (C=O) groups is 2. The number of quaternary nitrogens is 1. The van der Waals surface area contributed by atoms with E-state index in [1.807, 2.05) is 21.1 Å². The first-order chi connectivity index (χ1) is 29.2. The Labute approximate surface area is 368 Å². The average molecular weight is 881 g/mol. The molecule has 0 bridgehead atoms. The van der Waals surface area contributed by atoms with E-state index in [-0.39, 0.29) is 44.3 Å². The summed E-state index contributed by atoms with van der Waals surface area (Å²) in [5.41, 5.74) is 0. The molecule has 1 aliphatic carbocycles. The maximum atomic E-state index is 12.9. The monoisotopic (exact) mass is 881 g/mol. The maximum Gasteiger partial charge on any atom is 0.472 e. The molecule has 0 aromatic rings. The fourth-order valence-corrected chi connectivity index (χ4v) is 7.36. The van der Waals surface area contributed by atoms with Gasteiger partial charge in [0.05, 0.1) is 52.5 Å². The van der Waals surface area contributed by atoms with Gasteiger partial charge in [0.25, 0.3) is 0 Å². The van der Waals surface area contributed by atoms with Crippen LogP contribution in [0.1, 0.15) is 136 Å². The minimum Gasteiger partial charge on any atom is -0.462 e. The van der Waals surface area contributed by atoms with Crippen LogP contribution < -0.4 is 0 Å². The summed E-state index contributed by atoms with van der Waals surface area (Å²) in [7, 11) is 1.25. The van der Waals surface area contributed by atoms with E-state index in [1.54, 1.807) is 24.3 Å². The van der Waals surface area contributed by atoms with Gasteiger partial charge in [-0.05, 0) is 70.1 Å². The van der Waals surface area contributed by atoms with Crippen LogP contribution in [0.25, 0.3) is 0 Å². The standard InChI is InChI=1S/C48H82NO11P/c1-6-8-10-11-12-13-14-15-16-17-18-19-20-21-22-23-24-25-27-32-47(53)57-39-42(40-59-61(55,56)58-37-36-49(3,4)5)60-48(54)33-29-28-31-43-44(46(52)38-45(43)51)35-34-41(50)30-26-9-7-2/h12-13,15-16,18-19,21-22,28-29,34-35,41-46,50-52H,6-11,14,17,20,23-27,30-33,36-40H2,1-5H3/p+1/b13-12-,16-15-,19-18-,22-21-,29-28-,35-34+/t41-,42-,43+,44-,45+,46-/m1/s1. The number of phosphoric acid groups is 1. The minimum absolute atomic E-state index is 0.0349. The van der Waals surface area contributed by atoms with Crippen LogP contribution in [0.3, 0.4) is 0 Å². The number of likely N-dealkylation sites (N-methyl/N-ethyl adjacent to an activating group) is 1. The van der Waals surface area contributed by atoms with Crippen molar-refractivity contribution in [1.82, 2.24) is 0 Å². The third kappa shape index (κ3) is 31.8. The Hall–Kier alpha value is -2.67. The minimum atomic E-state index is -4.48. The molecule has 1 rings (SSSR count). The molecule has 0 aromatic heterocycles. The van der Waals surface area contributed by atoms with E-state index in [0.29, 0.717) is 30.3 Å². The summed E-state index contributed by atoms with van der Waals surface area (Å²) < 4.78 is 34.2. The number of nitrogens with zero attached hydrogens (tertiary/aromatic N) is 1. The van der Waals surface area contributed by atoms with Crippen molar-refractivity contribution in [3.8, 4) is 0 Å². The Balaban J connectivity index is 2.55. The van der Waals surface area contributed by atoms with Gasteiger partial charge in [0, 0.05) is 18.8 Å². The summed E-state index contributed by atoms with van der Waals surface area (Å²) in [5, 5.41) is 31.5. The third-order valence-corrected chi connectivity index (χ3v) is 11.3. The normalized spacial score (nSPS) is 20.9. The first kappa shape index (κ1) is 56.3. The van der Waals surface area contributed by atoms with Crippen LogP contribution in [0, 0.1) is 11.8 Å². The van der Waals surface area contributed by atoms with Gasteiger partial charge in [0.2, 0.25) is 0 Å². The summed E-state index contributed by atoms with van der Waals surface area (Å²) in [4.78, 5) is 35.7. The summed E-state index contributed by atoms with van der Waals surface area (Å²) in [6.45, 7) is 3.85. The summed E-state index contributed by atoms with van der Waals surface area (Å²) in [6.07, 6.45) is 36.5. The van der Waals surface area contributed by atoms with E-state index in [2.05, 4.69) is 62.5 Å². The van der Waals surface area contributed by atoms with Crippen LogP contribution in [-0.2, 0) is 32.7 Å². The van der Waals surface area contributed by atoms with Gasteiger partial charge in [-0.15, -0.1) is 0 Å². The molecule has 0 aliphatic heterocycles. The third-order valence-electron chi connectivity index (χ3n) is 10.3. The Morgan fingerprint density at radius 3 is 1.97 bits per heavy atom. The van der Waals surface area contributed by atoms with E-state index >= 15 is 0 Å². The summed E-state index contributed by atoms with van der Waals surface area (Å²) >= 11 is 0. The molecule has 0 saturated heterocycles. The fraction of sp³-hybridized carbons (Fsp3) is 0.708. The van der Waals surface area contributed by atoms with Crippen molar-refractivity contribution >= 4 is 19.8 Å². The lowest BCUT2D eigenvalue weighted by Gasteiger charge is -2.24. The number of hydrogen-bond acceptors (Lipinski definition) is 10. The number of phosphoric ester groups is 1. The van der Waals surface area contributed by atoms with Crippen molar-refractivity contribution in [1.29, 1.82) is 0 Å². The highest BCUT2D eigenvalue weighted by molar-refractivity contribution is 7.47. The van der Waals surface area contributed by atoms with Crippen LogP contribution in [0.5, 0.6) is 0 Å². The molecule has 1 aliphatic rings. The molecule has 12 nitrogen and oxygen atoms in total. The van der Waals surface area contributed by atoms with E-state index in [1.165, 1.54) is 25.7 Å². The van der Waals surface area contributed by atoms with Crippen LogP contribution in [-0.4, -0.2) is 109 Å². The SMILES string of the molecule is CCCCC/C=C\C/C=C\C/C=C\C/C=C\CCCCCC(=O)OC[C@H](COP(=O)(O)OCC[N+](C)(C)C)OC(=O)C/C=C\C[C@H]1[C@@H](/C=C/[C@H](O)CCCCC)[C@H](O)C[C@@H]1O. The molecule has 1 fully saturated rings. The topological polar surface area (TPSA) is 169 Å². The molecular weight excluding hydrogens is 797 g/mol. The number of hydrogen-bond donors (Lipinski definition) is 4. The molecule has 350 valence electrons. The van der Waals surface area contributed by atoms with Crippen molar-refractivity contribution < 1.29 is 57.4 Å². The number of carbonyl (C=O) groups excluding carboxylic acids is 2. The van der Waals surface area contributed by atoms with E-state index < -0.39 is 50.8 Å². The lowest BCUT2D eigenvalue weighted by molar-refractivity contribution is -0.870. The Morgan fingerprint density at radius 2 is 1.34 bits per heavy atom. The molecule has 0 aromatic carbocycles. The van der Waals surface area contributed by atoms with Crippen molar-refractivity contribution in [3.05, 3.63) is 72.9 Å². The zero-order chi connectivity index (χ0) is 45.2. The van der Waals surface area contributed by atoms with Gasteiger partial charge in [-0.2, -0.15) is 0 Å². The second-order valence-electron chi connectivity index (χ2n) is 17.1. The van der Waals surface area contributed by atoms with Crippen LogP contribution >= 0.6 is 7.82 Å². The number of aliphatic hydroxyl groups is 3. The number of unbranched alkanes of at least 4 members (excludes halogenated alkanes) is 8. The molecule has 4 N–H and O–H groups in total. The zero-order valence-corrected chi connectivity index (χ0v) is 39.1. The lowest BCUT2D eigenvalue weighted by Crippen LogP contribution is -2.37. The molecular formula is C48H83NO11P+. The highest BCUT2D eigenvalue weighted by Crippen LogP contribution is 2.43. The second kappa shape index (κ2) is 34.8. The average Bonchev–Trinajstić information content (AvgIpc) is 3.47. The predicted molar refractivity (Wildman–Crippen MR) is 244 cm³/mol. The first-order valence-electron chi connectivity index (χ1n) is 22.9. The van der Waals surface area contributed by atoms with Gasteiger partial charge in [-0.3, -0.25) is 18.6 Å². The van der Waals surface area contributed by atoms with Crippen LogP contribution in [0.4, 0.5) is 0 Å². The van der Waals surface area contributed by atoms with Gasteiger partial charge in [0.1, 0.15) is 19.8 Å². The van der Waals surface area contributed by atoms with Crippen molar-refractivity contribution in [2.75, 3.05) is 47.5 Å². The largest absolute Gasteiger partial charge is 0.472 e.